The molecule has 0 aliphatic heterocycles. The fourth-order valence-electron chi connectivity index (χ4n) is 2.93. The Bertz CT molecular complexity index is 920. The number of carbonyl (C=O) groups is 2. The molecule has 188 valence electrons. The van der Waals surface area contributed by atoms with E-state index in [-0.39, 0.29) is 5.82 Å². The van der Waals surface area contributed by atoms with E-state index in [9.17, 15) is 22.4 Å². The van der Waals surface area contributed by atoms with Crippen molar-refractivity contribution in [1.82, 2.24) is 0 Å². The molecule has 0 aliphatic carbocycles. The highest BCUT2D eigenvalue weighted by Gasteiger charge is 2.38. The number of halogens is 5. The lowest BCUT2D eigenvalue weighted by molar-refractivity contribution is -0.192. The fourth-order valence-corrected chi connectivity index (χ4v) is 3.10. The number of carbonyl (C=O) groups excluding carboxylic acids is 1. The van der Waals surface area contributed by atoms with Gasteiger partial charge in [0.05, 0.1) is 12.3 Å². The number of nitrogens with one attached hydrogen (secondary N) is 1. The van der Waals surface area contributed by atoms with Crippen LogP contribution < -0.4 is 5.32 Å². The van der Waals surface area contributed by atoms with Crippen LogP contribution in [0, 0.1) is 11.7 Å². The second-order valence-corrected chi connectivity index (χ2v) is 7.93. The summed E-state index contributed by atoms with van der Waals surface area (Å²) in [6.07, 6.45) is -0.00647. The first kappa shape index (κ1) is 29.2. The van der Waals surface area contributed by atoms with Gasteiger partial charge < -0.3 is 9.84 Å². The Morgan fingerprint density at radius 2 is 1.71 bits per heavy atom. The molecule has 0 bridgehead atoms. The summed E-state index contributed by atoms with van der Waals surface area (Å²) in [5, 5.41) is 10.4. The maximum Gasteiger partial charge on any atom is 0.490 e. The number of hydrogen-bond donors (Lipinski definition) is 2. The molecule has 2 N–H and O–H groups in total. The van der Waals surface area contributed by atoms with Gasteiger partial charge in [0.15, 0.2) is 0 Å². The van der Waals surface area contributed by atoms with Gasteiger partial charge in [-0.3, -0.25) is 5.32 Å². The lowest BCUT2D eigenvalue weighted by Crippen LogP contribution is -2.21. The molecule has 0 aromatic heterocycles. The van der Waals surface area contributed by atoms with E-state index in [0.717, 1.165) is 30.4 Å². The summed E-state index contributed by atoms with van der Waals surface area (Å²) in [5.74, 6) is -2.69. The predicted molar refractivity (Wildman–Crippen MR) is 123 cm³/mol. The number of benzene rings is 2. The summed E-state index contributed by atoms with van der Waals surface area (Å²) in [7, 11) is 0. The minimum atomic E-state index is -5.08. The van der Waals surface area contributed by atoms with Crippen molar-refractivity contribution in [3.05, 3.63) is 53.3 Å². The number of carboxylic acids is 1. The van der Waals surface area contributed by atoms with Gasteiger partial charge in [-0.05, 0) is 42.2 Å². The molecule has 1 atom stereocenters. The molecule has 0 fully saturated rings. The van der Waals surface area contributed by atoms with E-state index in [0.29, 0.717) is 23.2 Å². The van der Waals surface area contributed by atoms with Crippen LogP contribution in [0.25, 0.3) is 11.1 Å². The van der Waals surface area contributed by atoms with E-state index in [4.69, 9.17) is 26.2 Å². The van der Waals surface area contributed by atoms with Crippen LogP contribution in [0.3, 0.4) is 0 Å². The van der Waals surface area contributed by atoms with Crippen molar-refractivity contribution >= 4 is 29.4 Å². The summed E-state index contributed by atoms with van der Waals surface area (Å²) in [5.41, 5.74) is 2.08. The normalized spacial score (nSPS) is 11.7. The second kappa shape index (κ2) is 14.5. The van der Waals surface area contributed by atoms with Crippen LogP contribution >= 0.6 is 11.6 Å². The molecular formula is C24H28ClF4NO4. The van der Waals surface area contributed by atoms with Crippen molar-refractivity contribution in [2.75, 3.05) is 11.9 Å². The van der Waals surface area contributed by atoms with Crippen molar-refractivity contribution in [3.63, 3.8) is 0 Å². The first-order valence-corrected chi connectivity index (χ1v) is 11.1. The van der Waals surface area contributed by atoms with Crippen LogP contribution in [-0.2, 0) is 9.53 Å². The molecule has 1 amide bonds. The number of anilines is 1. The maximum atomic E-state index is 13.2. The average Bonchev–Trinajstić information content (AvgIpc) is 2.77. The molecule has 0 saturated heterocycles. The van der Waals surface area contributed by atoms with E-state index >= 15 is 0 Å². The monoisotopic (exact) mass is 505 g/mol. The standard InChI is InChI=1S/C22H27ClFNO2.C2HF3O2/c1-3-5-6-7-16(4-2)15-27-22(26)25-21-14-18(23)10-13-20(21)17-8-11-19(24)12-9-17;3-2(4,5)1(6)7/h8-14,16H,3-7,15H2,1-2H3,(H,25,26);(H,6,7). The van der Waals surface area contributed by atoms with E-state index in [1.165, 1.54) is 25.0 Å². The molecule has 0 spiro atoms. The lowest BCUT2D eigenvalue weighted by atomic mass is 10.00. The van der Waals surface area contributed by atoms with E-state index in [1.54, 1.807) is 30.3 Å². The third-order valence-electron chi connectivity index (χ3n) is 4.86. The Kier molecular flexibility index (Phi) is 12.4. The highest BCUT2D eigenvalue weighted by atomic mass is 35.5. The van der Waals surface area contributed by atoms with Gasteiger partial charge >= 0.3 is 18.2 Å². The Labute approximate surface area is 201 Å². The quantitative estimate of drug-likeness (QED) is 0.268. The molecule has 10 heteroatoms. The fraction of sp³-hybridized carbons (Fsp3) is 0.417. The zero-order valence-electron chi connectivity index (χ0n) is 18.9. The topological polar surface area (TPSA) is 75.6 Å². The van der Waals surface area contributed by atoms with Crippen molar-refractivity contribution in [2.45, 2.75) is 52.1 Å². The number of aliphatic carboxylic acids is 1. The van der Waals surface area contributed by atoms with Crippen LogP contribution in [0.1, 0.15) is 46.0 Å². The summed E-state index contributed by atoms with van der Waals surface area (Å²) in [4.78, 5) is 21.2. The van der Waals surface area contributed by atoms with Gasteiger partial charge in [0.25, 0.3) is 0 Å². The van der Waals surface area contributed by atoms with Crippen LogP contribution in [-0.4, -0.2) is 30.0 Å². The number of hydrogen-bond acceptors (Lipinski definition) is 3. The minimum absolute atomic E-state index is 0.310. The van der Waals surface area contributed by atoms with Crippen LogP contribution in [0.4, 0.5) is 28.0 Å². The molecule has 34 heavy (non-hydrogen) atoms. The SMILES string of the molecule is CCCCCC(CC)COC(=O)Nc1cc(Cl)ccc1-c1ccc(F)cc1.O=C(O)C(F)(F)F. The summed E-state index contributed by atoms with van der Waals surface area (Å²) >= 11 is 6.08. The summed E-state index contributed by atoms with van der Waals surface area (Å²) in [6, 6.07) is 11.3. The van der Waals surface area contributed by atoms with Gasteiger partial charge in [-0.1, -0.05) is 69.3 Å². The zero-order chi connectivity index (χ0) is 25.7. The first-order chi connectivity index (χ1) is 16.0. The van der Waals surface area contributed by atoms with Gasteiger partial charge in [0, 0.05) is 10.6 Å². The Morgan fingerprint density at radius 1 is 1.09 bits per heavy atom. The minimum Gasteiger partial charge on any atom is -0.475 e. The van der Waals surface area contributed by atoms with E-state index < -0.39 is 18.2 Å². The van der Waals surface area contributed by atoms with Gasteiger partial charge in [0.2, 0.25) is 0 Å². The number of rotatable bonds is 9. The van der Waals surface area contributed by atoms with Crippen molar-refractivity contribution in [3.8, 4) is 11.1 Å². The molecule has 5 nitrogen and oxygen atoms in total. The van der Waals surface area contributed by atoms with Gasteiger partial charge in [-0.2, -0.15) is 13.2 Å². The Hall–Kier alpha value is -2.81. The second-order valence-electron chi connectivity index (χ2n) is 7.49. The number of unbranched alkanes of at least 4 members (excludes halogenated alkanes) is 2. The molecule has 2 aromatic carbocycles. The number of amides is 1. The first-order valence-electron chi connectivity index (χ1n) is 10.8. The Morgan fingerprint density at radius 3 is 2.24 bits per heavy atom. The van der Waals surface area contributed by atoms with Crippen LogP contribution in [0.5, 0.6) is 0 Å². The predicted octanol–water partition coefficient (Wildman–Crippen LogP) is 7.93. The third kappa shape index (κ3) is 10.9. The molecule has 2 rings (SSSR count). The Balaban J connectivity index is 0.000000718. The van der Waals surface area contributed by atoms with Crippen molar-refractivity contribution < 1.29 is 37.0 Å². The summed E-state index contributed by atoms with van der Waals surface area (Å²) < 4.78 is 50.3. The molecule has 0 aliphatic rings. The number of carboxylic acid groups (broad SMARTS) is 1. The smallest absolute Gasteiger partial charge is 0.475 e. The molecule has 0 radical (unpaired) electrons. The number of alkyl halides is 3. The third-order valence-corrected chi connectivity index (χ3v) is 5.09. The van der Waals surface area contributed by atoms with Gasteiger partial charge in [0.1, 0.15) is 5.82 Å². The molecule has 2 aromatic rings. The largest absolute Gasteiger partial charge is 0.490 e. The molecular weight excluding hydrogens is 478 g/mol. The zero-order valence-corrected chi connectivity index (χ0v) is 19.7. The number of ether oxygens (including phenoxy) is 1. The maximum absolute atomic E-state index is 13.2. The molecule has 0 saturated carbocycles. The lowest BCUT2D eigenvalue weighted by Gasteiger charge is -2.16. The van der Waals surface area contributed by atoms with Crippen LogP contribution in [0.2, 0.25) is 5.02 Å². The van der Waals surface area contributed by atoms with Crippen molar-refractivity contribution in [1.29, 1.82) is 0 Å². The molecule has 1 unspecified atom stereocenters. The van der Waals surface area contributed by atoms with E-state index in [1.807, 2.05) is 0 Å². The van der Waals surface area contributed by atoms with E-state index in [2.05, 4.69) is 19.2 Å². The highest BCUT2D eigenvalue weighted by Crippen LogP contribution is 2.31. The van der Waals surface area contributed by atoms with Crippen molar-refractivity contribution in [2.24, 2.45) is 5.92 Å². The molecule has 0 heterocycles. The van der Waals surface area contributed by atoms with Gasteiger partial charge in [-0.25, -0.2) is 14.0 Å². The van der Waals surface area contributed by atoms with Gasteiger partial charge in [-0.15, -0.1) is 0 Å². The average molecular weight is 506 g/mol. The summed E-state index contributed by atoms with van der Waals surface area (Å²) in [6.45, 7) is 4.69. The highest BCUT2D eigenvalue weighted by molar-refractivity contribution is 6.31. The van der Waals surface area contributed by atoms with Crippen LogP contribution in [0.15, 0.2) is 42.5 Å².